The predicted molar refractivity (Wildman–Crippen MR) is 79.7 cm³/mol. The normalized spacial score (nSPS) is 19.3. The van der Waals surface area contributed by atoms with Crippen molar-refractivity contribution in [2.45, 2.75) is 32.4 Å². The van der Waals surface area contributed by atoms with E-state index in [-0.39, 0.29) is 11.9 Å². The van der Waals surface area contributed by atoms with Crippen LogP contribution in [0.2, 0.25) is 0 Å². The Morgan fingerprint density at radius 2 is 2.21 bits per heavy atom. The van der Waals surface area contributed by atoms with Crippen LogP contribution in [0, 0.1) is 0 Å². The van der Waals surface area contributed by atoms with E-state index in [4.69, 9.17) is 4.74 Å². The Hall–Kier alpha value is -1.07. The van der Waals surface area contributed by atoms with Gasteiger partial charge in [0.2, 0.25) is 5.91 Å². The number of ether oxygens (including phenoxy) is 1. The summed E-state index contributed by atoms with van der Waals surface area (Å²) in [5.74, 6) is 0.915. The van der Waals surface area contributed by atoms with E-state index in [2.05, 4.69) is 35.1 Å². The molecule has 104 valence electrons. The minimum Gasteiger partial charge on any atom is -0.496 e. The average molecular weight is 327 g/mol. The number of carbonyl (C=O) groups excluding carboxylic acids is 1. The summed E-state index contributed by atoms with van der Waals surface area (Å²) in [5.41, 5.74) is 0.908. The van der Waals surface area contributed by atoms with Crippen LogP contribution >= 0.6 is 15.9 Å². The summed E-state index contributed by atoms with van der Waals surface area (Å²) >= 11 is 3.45. The van der Waals surface area contributed by atoms with E-state index < -0.39 is 0 Å². The van der Waals surface area contributed by atoms with E-state index >= 15 is 0 Å². The SMILES string of the molecule is COc1ccc(N2CCC(NC(C)C)C2=O)cc1Br. The van der Waals surface area contributed by atoms with Gasteiger partial charge in [-0.15, -0.1) is 0 Å². The van der Waals surface area contributed by atoms with Gasteiger partial charge in [0.05, 0.1) is 17.6 Å². The first-order valence-corrected chi connectivity index (χ1v) is 7.23. The van der Waals surface area contributed by atoms with E-state index in [1.54, 1.807) is 7.11 Å². The van der Waals surface area contributed by atoms with Gasteiger partial charge in [-0.1, -0.05) is 13.8 Å². The summed E-state index contributed by atoms with van der Waals surface area (Å²) in [6.45, 7) is 4.86. The third-order valence-corrected chi connectivity index (χ3v) is 3.81. The number of anilines is 1. The average Bonchev–Trinajstić information content (AvgIpc) is 2.70. The summed E-state index contributed by atoms with van der Waals surface area (Å²) in [6.07, 6.45) is 0.848. The first kappa shape index (κ1) is 14.3. The van der Waals surface area contributed by atoms with Crippen LogP contribution in [0.5, 0.6) is 5.75 Å². The van der Waals surface area contributed by atoms with E-state index in [0.717, 1.165) is 28.9 Å². The minimum absolute atomic E-state index is 0.0686. The van der Waals surface area contributed by atoms with E-state index in [1.165, 1.54) is 0 Å². The Balaban J connectivity index is 2.15. The lowest BCUT2D eigenvalue weighted by atomic mass is 10.2. The molecule has 0 bridgehead atoms. The lowest BCUT2D eigenvalue weighted by Crippen LogP contribution is -2.41. The number of rotatable bonds is 4. The predicted octanol–water partition coefficient (Wildman–Crippen LogP) is 2.56. The van der Waals surface area contributed by atoms with Gasteiger partial charge in [-0.25, -0.2) is 0 Å². The van der Waals surface area contributed by atoms with Crippen molar-refractivity contribution < 1.29 is 9.53 Å². The molecule has 0 saturated carbocycles. The van der Waals surface area contributed by atoms with Crippen LogP contribution < -0.4 is 15.0 Å². The Labute approximate surface area is 122 Å². The highest BCUT2D eigenvalue weighted by Crippen LogP contribution is 2.31. The molecule has 1 unspecified atom stereocenters. The van der Waals surface area contributed by atoms with Crippen LogP contribution in [0.1, 0.15) is 20.3 Å². The molecule has 1 N–H and O–H groups in total. The van der Waals surface area contributed by atoms with Crippen LogP contribution in [0.15, 0.2) is 22.7 Å². The fraction of sp³-hybridized carbons (Fsp3) is 0.500. The molecule has 1 aromatic carbocycles. The molecule has 5 heteroatoms. The van der Waals surface area contributed by atoms with E-state index in [9.17, 15) is 4.79 Å². The first-order chi connectivity index (χ1) is 9.02. The molecule has 0 radical (unpaired) electrons. The molecule has 1 fully saturated rings. The van der Waals surface area contributed by atoms with Gasteiger partial charge in [0.1, 0.15) is 5.75 Å². The Morgan fingerprint density at radius 3 is 2.79 bits per heavy atom. The van der Waals surface area contributed by atoms with Crippen molar-refractivity contribution in [1.29, 1.82) is 0 Å². The zero-order chi connectivity index (χ0) is 14.0. The third kappa shape index (κ3) is 3.09. The number of halogens is 1. The Bertz CT molecular complexity index is 477. The summed E-state index contributed by atoms with van der Waals surface area (Å²) in [6, 6.07) is 5.96. The fourth-order valence-corrected chi connectivity index (χ4v) is 2.85. The monoisotopic (exact) mass is 326 g/mol. The molecule has 1 saturated heterocycles. The molecule has 0 aliphatic carbocycles. The molecule has 1 aliphatic rings. The summed E-state index contributed by atoms with van der Waals surface area (Å²) in [7, 11) is 1.63. The summed E-state index contributed by atoms with van der Waals surface area (Å²) in [5, 5.41) is 3.30. The molecule has 1 aliphatic heterocycles. The van der Waals surface area contributed by atoms with Crippen molar-refractivity contribution in [3.8, 4) is 5.75 Å². The lowest BCUT2D eigenvalue weighted by molar-refractivity contribution is -0.118. The number of nitrogens with zero attached hydrogens (tertiary/aromatic N) is 1. The Kier molecular flexibility index (Phi) is 4.47. The molecule has 1 atom stereocenters. The fourth-order valence-electron chi connectivity index (χ4n) is 2.32. The highest BCUT2D eigenvalue weighted by Gasteiger charge is 2.32. The van der Waals surface area contributed by atoms with Crippen LogP contribution in [-0.4, -0.2) is 31.6 Å². The Morgan fingerprint density at radius 1 is 1.47 bits per heavy atom. The van der Waals surface area contributed by atoms with Crippen molar-refractivity contribution in [2.24, 2.45) is 0 Å². The van der Waals surface area contributed by atoms with Crippen molar-refractivity contribution >= 4 is 27.5 Å². The molecular weight excluding hydrogens is 308 g/mol. The van der Waals surface area contributed by atoms with Crippen molar-refractivity contribution in [2.75, 3.05) is 18.6 Å². The topological polar surface area (TPSA) is 41.6 Å². The van der Waals surface area contributed by atoms with Gasteiger partial charge in [-0.05, 0) is 40.5 Å². The summed E-state index contributed by atoms with van der Waals surface area (Å²) in [4.78, 5) is 14.1. The van der Waals surface area contributed by atoms with E-state index in [1.807, 2.05) is 23.1 Å². The molecule has 1 heterocycles. The molecule has 2 rings (SSSR count). The van der Waals surface area contributed by atoms with Gasteiger partial charge in [-0.2, -0.15) is 0 Å². The second kappa shape index (κ2) is 5.92. The van der Waals surface area contributed by atoms with Crippen LogP contribution in [0.3, 0.4) is 0 Å². The second-order valence-electron chi connectivity index (χ2n) is 4.97. The largest absolute Gasteiger partial charge is 0.496 e. The number of hydrogen-bond acceptors (Lipinski definition) is 3. The van der Waals surface area contributed by atoms with Crippen molar-refractivity contribution in [1.82, 2.24) is 5.32 Å². The summed E-state index contributed by atoms with van der Waals surface area (Å²) < 4.78 is 6.06. The molecule has 0 spiro atoms. The second-order valence-corrected chi connectivity index (χ2v) is 5.83. The number of carbonyl (C=O) groups is 1. The van der Waals surface area contributed by atoms with Crippen LogP contribution in [0.25, 0.3) is 0 Å². The van der Waals surface area contributed by atoms with Gasteiger partial charge in [0, 0.05) is 18.3 Å². The quantitative estimate of drug-likeness (QED) is 0.924. The van der Waals surface area contributed by atoms with E-state index in [0.29, 0.717) is 6.04 Å². The molecular formula is C14H19BrN2O2. The smallest absolute Gasteiger partial charge is 0.244 e. The van der Waals surface area contributed by atoms with Crippen molar-refractivity contribution in [3.05, 3.63) is 22.7 Å². The number of hydrogen-bond donors (Lipinski definition) is 1. The zero-order valence-electron chi connectivity index (χ0n) is 11.4. The van der Waals surface area contributed by atoms with Gasteiger partial charge in [-0.3, -0.25) is 4.79 Å². The lowest BCUT2D eigenvalue weighted by Gasteiger charge is -2.19. The molecule has 1 amide bonds. The number of benzene rings is 1. The minimum atomic E-state index is -0.0686. The van der Waals surface area contributed by atoms with Crippen molar-refractivity contribution in [3.63, 3.8) is 0 Å². The maximum absolute atomic E-state index is 12.3. The molecule has 4 nitrogen and oxygen atoms in total. The number of amides is 1. The highest BCUT2D eigenvalue weighted by atomic mass is 79.9. The molecule has 0 aromatic heterocycles. The molecule has 19 heavy (non-hydrogen) atoms. The van der Waals surface area contributed by atoms with Gasteiger partial charge < -0.3 is 15.0 Å². The van der Waals surface area contributed by atoms with Gasteiger partial charge >= 0.3 is 0 Å². The highest BCUT2D eigenvalue weighted by molar-refractivity contribution is 9.10. The maximum atomic E-state index is 12.3. The van der Waals surface area contributed by atoms with Gasteiger partial charge in [0.25, 0.3) is 0 Å². The third-order valence-electron chi connectivity index (χ3n) is 3.19. The molecule has 1 aromatic rings. The van der Waals surface area contributed by atoms with Gasteiger partial charge in [0.15, 0.2) is 0 Å². The first-order valence-electron chi connectivity index (χ1n) is 6.44. The number of nitrogens with one attached hydrogen (secondary N) is 1. The maximum Gasteiger partial charge on any atom is 0.244 e. The zero-order valence-corrected chi connectivity index (χ0v) is 13.0. The van der Waals surface area contributed by atoms with Crippen LogP contribution in [-0.2, 0) is 4.79 Å². The standard InChI is InChI=1S/C14H19BrN2O2/c1-9(2)16-12-6-7-17(14(12)18)10-4-5-13(19-3)11(15)8-10/h4-5,8-9,12,16H,6-7H2,1-3H3. The number of methoxy groups -OCH3 is 1. The van der Waals surface area contributed by atoms with Crippen LogP contribution in [0.4, 0.5) is 5.69 Å².